The number of hydrogen-bond acceptors (Lipinski definition) is 5. The molecule has 1 aromatic rings. The molecule has 0 aliphatic carbocycles. The molecule has 1 rings (SSSR count). The Hall–Kier alpha value is -0.870. The lowest BCUT2D eigenvalue weighted by atomic mass is 10.2. The van der Waals surface area contributed by atoms with Gasteiger partial charge in [0, 0.05) is 0 Å². The second-order valence-electron chi connectivity index (χ2n) is 2.98. The van der Waals surface area contributed by atoms with Crippen LogP contribution in [0, 0.1) is 6.92 Å². The molecule has 0 bridgehead atoms. The molecule has 10 heteroatoms. The van der Waals surface area contributed by atoms with Crippen LogP contribution in [0.5, 0.6) is 0 Å². The van der Waals surface area contributed by atoms with E-state index in [9.17, 15) is 16.8 Å². The molecular formula is C7H8ClNO6S2. The van der Waals surface area contributed by atoms with Gasteiger partial charge in [-0.2, -0.15) is 16.8 Å². The number of para-hydroxylation sites is 1. The Kier molecular flexibility index (Phi) is 3.99. The summed E-state index contributed by atoms with van der Waals surface area (Å²) < 4.78 is 56.9. The molecule has 0 saturated carbocycles. The largest absolute Gasteiger partial charge is 0.393 e. The van der Waals surface area contributed by atoms with Gasteiger partial charge in [-0.1, -0.05) is 18.2 Å². The smallest absolute Gasteiger partial charge is 0.268 e. The normalized spacial score (nSPS) is 12.4. The van der Waals surface area contributed by atoms with Crippen molar-refractivity contribution in [3.05, 3.63) is 29.8 Å². The molecule has 7 nitrogen and oxygen atoms in total. The van der Waals surface area contributed by atoms with Crippen molar-refractivity contribution in [3.63, 3.8) is 0 Å². The summed E-state index contributed by atoms with van der Waals surface area (Å²) in [4.78, 5) is 0. The lowest BCUT2D eigenvalue weighted by Crippen LogP contribution is -2.36. The summed E-state index contributed by atoms with van der Waals surface area (Å²) in [5, 5.41) is 0. The Morgan fingerprint density at radius 3 is 2.18 bits per heavy atom. The SMILES string of the molecule is Cc1ccccc1N(S(=O)(=O)O)S(=O)(=O)OCl. The highest BCUT2D eigenvalue weighted by molar-refractivity contribution is 8.05. The topological polar surface area (TPSA) is 101 Å². The first-order valence-electron chi connectivity index (χ1n) is 4.09. The fourth-order valence-electron chi connectivity index (χ4n) is 1.15. The lowest BCUT2D eigenvalue weighted by Gasteiger charge is -2.19. The molecule has 0 atom stereocenters. The molecule has 0 spiro atoms. The third kappa shape index (κ3) is 3.07. The number of nitrogens with zero attached hydrogens (tertiary/aromatic N) is 1. The van der Waals surface area contributed by atoms with Crippen LogP contribution in [-0.2, 0) is 24.3 Å². The van der Waals surface area contributed by atoms with Gasteiger partial charge in [-0.15, -0.1) is 7.45 Å². The van der Waals surface area contributed by atoms with E-state index in [0.717, 1.165) is 0 Å². The highest BCUT2D eigenvalue weighted by Crippen LogP contribution is 2.26. The van der Waals surface area contributed by atoms with Crippen molar-refractivity contribution < 1.29 is 25.1 Å². The molecule has 0 saturated heterocycles. The maximum Gasteiger partial charge on any atom is 0.393 e. The molecular weight excluding hydrogens is 294 g/mol. The van der Waals surface area contributed by atoms with E-state index in [1.807, 2.05) is 0 Å². The van der Waals surface area contributed by atoms with Crippen molar-refractivity contribution in [1.29, 1.82) is 0 Å². The summed E-state index contributed by atoms with van der Waals surface area (Å²) in [5.41, 5.74) is 0.0121. The second kappa shape index (κ2) is 4.78. The molecule has 0 heterocycles. The van der Waals surface area contributed by atoms with Crippen molar-refractivity contribution in [3.8, 4) is 0 Å². The number of rotatable bonds is 4. The maximum atomic E-state index is 11.3. The van der Waals surface area contributed by atoms with E-state index >= 15 is 0 Å². The van der Waals surface area contributed by atoms with Gasteiger partial charge < -0.3 is 0 Å². The van der Waals surface area contributed by atoms with Crippen LogP contribution in [-0.4, -0.2) is 21.4 Å². The van der Waals surface area contributed by atoms with Crippen molar-refractivity contribution in [2.24, 2.45) is 0 Å². The van der Waals surface area contributed by atoms with E-state index in [1.165, 1.54) is 25.1 Å². The van der Waals surface area contributed by atoms with Gasteiger partial charge in [-0.25, -0.2) is 0 Å². The third-order valence-electron chi connectivity index (χ3n) is 1.80. The number of aryl methyl sites for hydroxylation is 1. The van der Waals surface area contributed by atoms with Crippen LogP contribution < -0.4 is 3.71 Å². The predicted molar refractivity (Wildman–Crippen MR) is 61.1 cm³/mol. The van der Waals surface area contributed by atoms with Gasteiger partial charge in [0.2, 0.25) is 0 Å². The minimum absolute atomic E-state index is 0.282. The molecule has 1 aromatic carbocycles. The van der Waals surface area contributed by atoms with Crippen LogP contribution >= 0.6 is 11.9 Å². The van der Waals surface area contributed by atoms with Crippen molar-refractivity contribution in [1.82, 2.24) is 0 Å². The van der Waals surface area contributed by atoms with E-state index in [-0.39, 0.29) is 9.40 Å². The monoisotopic (exact) mass is 301 g/mol. The molecule has 1 N–H and O–H groups in total. The minimum Gasteiger partial charge on any atom is -0.268 e. The maximum absolute atomic E-state index is 11.3. The van der Waals surface area contributed by atoms with Crippen LogP contribution in [0.4, 0.5) is 5.69 Å². The molecule has 0 aliphatic rings. The fraction of sp³-hybridized carbons (Fsp3) is 0.143. The molecule has 96 valence electrons. The third-order valence-corrected chi connectivity index (χ3v) is 4.77. The number of hydrogen-bond donors (Lipinski definition) is 1. The van der Waals surface area contributed by atoms with Gasteiger partial charge in [-0.05, 0) is 18.6 Å². The summed E-state index contributed by atoms with van der Waals surface area (Å²) >= 11 is 4.69. The Balaban J connectivity index is 3.54. The first kappa shape index (κ1) is 14.2. The molecule has 0 amide bonds. The molecule has 0 aromatic heterocycles. The summed E-state index contributed by atoms with van der Waals surface area (Å²) in [6, 6.07) is 5.59. The lowest BCUT2D eigenvalue weighted by molar-refractivity contribution is 0.475. The Labute approximate surface area is 104 Å². The first-order valence-corrected chi connectivity index (χ1v) is 7.16. The van der Waals surface area contributed by atoms with E-state index in [2.05, 4.69) is 3.74 Å². The molecule has 0 aliphatic heterocycles. The van der Waals surface area contributed by atoms with E-state index in [0.29, 0.717) is 5.56 Å². The average Bonchev–Trinajstić information content (AvgIpc) is 2.19. The van der Waals surface area contributed by atoms with Gasteiger partial charge in [0.15, 0.2) is 0 Å². The zero-order chi connectivity index (χ0) is 13.3. The second-order valence-corrected chi connectivity index (χ2v) is 6.20. The van der Waals surface area contributed by atoms with Gasteiger partial charge in [-0.3, -0.25) is 4.55 Å². The number of benzene rings is 1. The summed E-state index contributed by atoms with van der Waals surface area (Å²) in [6.07, 6.45) is 0. The summed E-state index contributed by atoms with van der Waals surface area (Å²) in [6.45, 7) is 1.46. The highest BCUT2D eigenvalue weighted by atomic mass is 35.5. The molecule has 0 fully saturated rings. The molecule has 0 unspecified atom stereocenters. The Morgan fingerprint density at radius 2 is 1.76 bits per heavy atom. The standard InChI is InChI=1S/C7H8ClNO6S2/c1-6-4-2-3-5-7(6)9(16(10,11)12)17(13,14)15-8/h2-5H,1H3,(H,10,11,12). The van der Waals surface area contributed by atoms with E-state index in [4.69, 9.17) is 16.4 Å². The van der Waals surface area contributed by atoms with Crippen molar-refractivity contribution in [2.45, 2.75) is 6.92 Å². The quantitative estimate of drug-likeness (QED) is 0.833. The zero-order valence-corrected chi connectivity index (χ0v) is 10.8. The van der Waals surface area contributed by atoms with Crippen LogP contribution in [0.25, 0.3) is 0 Å². The minimum atomic E-state index is -5.07. The fourth-order valence-corrected chi connectivity index (χ4v) is 3.39. The highest BCUT2D eigenvalue weighted by Gasteiger charge is 2.35. The van der Waals surface area contributed by atoms with Crippen LogP contribution in [0.15, 0.2) is 24.3 Å². The van der Waals surface area contributed by atoms with Crippen LogP contribution in [0.3, 0.4) is 0 Å². The average molecular weight is 302 g/mol. The van der Waals surface area contributed by atoms with E-state index in [1.54, 1.807) is 6.07 Å². The van der Waals surface area contributed by atoms with Crippen LogP contribution in [0.2, 0.25) is 0 Å². The van der Waals surface area contributed by atoms with Crippen molar-refractivity contribution in [2.75, 3.05) is 3.71 Å². The summed E-state index contributed by atoms with van der Waals surface area (Å²) in [5.74, 6) is 0. The summed E-state index contributed by atoms with van der Waals surface area (Å²) in [7, 11) is -9.91. The van der Waals surface area contributed by atoms with Gasteiger partial charge in [0.25, 0.3) is 0 Å². The van der Waals surface area contributed by atoms with Gasteiger partial charge in [0.1, 0.15) is 0 Å². The number of anilines is 1. The van der Waals surface area contributed by atoms with Gasteiger partial charge >= 0.3 is 20.6 Å². The zero-order valence-electron chi connectivity index (χ0n) is 8.44. The molecule has 0 radical (unpaired) electrons. The van der Waals surface area contributed by atoms with E-state index < -0.39 is 20.6 Å². The predicted octanol–water partition coefficient (Wildman–Crippen LogP) is 1.02. The molecule has 17 heavy (non-hydrogen) atoms. The Bertz CT molecular complexity index is 611. The van der Waals surface area contributed by atoms with Crippen LogP contribution in [0.1, 0.15) is 5.56 Å². The number of halogens is 1. The van der Waals surface area contributed by atoms with Crippen molar-refractivity contribution >= 4 is 38.2 Å². The first-order chi connectivity index (χ1) is 7.70. The van der Waals surface area contributed by atoms with Gasteiger partial charge in [0.05, 0.1) is 17.6 Å². The Morgan fingerprint density at radius 1 is 1.24 bits per heavy atom.